The molecule has 0 saturated carbocycles. The number of sulfonamides is 1. The molecule has 0 aliphatic carbocycles. The van der Waals surface area contributed by atoms with E-state index in [-0.39, 0.29) is 16.6 Å². The molecule has 0 saturated heterocycles. The highest BCUT2D eigenvalue weighted by Crippen LogP contribution is 2.25. The number of benzene rings is 1. The molecule has 1 N–H and O–H groups in total. The van der Waals surface area contributed by atoms with E-state index in [0.29, 0.717) is 10.2 Å². The Labute approximate surface area is 142 Å². The zero-order valence-electron chi connectivity index (χ0n) is 12.0. The van der Waals surface area contributed by atoms with Crippen LogP contribution in [0.4, 0.5) is 0 Å². The lowest BCUT2D eigenvalue weighted by Crippen LogP contribution is -2.22. The van der Waals surface area contributed by atoms with Crippen molar-refractivity contribution in [2.24, 2.45) is 0 Å². The fraction of sp³-hybridized carbons (Fsp3) is 0.143. The number of rotatable bonds is 5. The van der Waals surface area contributed by atoms with Crippen molar-refractivity contribution >= 4 is 33.0 Å². The smallest absolute Gasteiger partial charge is 0.250 e. The Hall–Kier alpha value is -1.74. The largest absolute Gasteiger partial charge is 0.338 e. The van der Waals surface area contributed by atoms with Gasteiger partial charge in [0, 0.05) is 5.56 Å². The molecule has 9 heteroatoms. The van der Waals surface area contributed by atoms with Gasteiger partial charge in [-0.25, -0.2) is 13.1 Å². The zero-order chi connectivity index (χ0) is 16.4. The summed E-state index contributed by atoms with van der Waals surface area (Å²) in [6.07, 6.45) is 0. The number of aromatic nitrogens is 2. The summed E-state index contributed by atoms with van der Waals surface area (Å²) in [7, 11) is -3.64. The van der Waals surface area contributed by atoms with Crippen molar-refractivity contribution < 1.29 is 12.9 Å². The summed E-state index contributed by atoms with van der Waals surface area (Å²) in [5.74, 6) is 0.617. The number of nitrogens with zero attached hydrogens (tertiary/aromatic N) is 2. The number of thiophene rings is 1. The summed E-state index contributed by atoms with van der Waals surface area (Å²) >= 11 is 6.74. The van der Waals surface area contributed by atoms with E-state index in [4.69, 9.17) is 16.1 Å². The van der Waals surface area contributed by atoms with Crippen LogP contribution in [0.5, 0.6) is 0 Å². The molecule has 0 unspecified atom stereocenters. The molecule has 0 atom stereocenters. The standard InChI is InChI=1S/C14H12ClN3O3S2/c1-9-4-2-3-5-10(9)14-17-12(21-18-14)8-16-23(19,20)13-7-6-11(15)22-13/h2-7,16H,8H2,1H3. The summed E-state index contributed by atoms with van der Waals surface area (Å²) < 4.78 is 32.3. The predicted molar refractivity (Wildman–Crippen MR) is 87.8 cm³/mol. The lowest BCUT2D eigenvalue weighted by molar-refractivity contribution is 0.376. The van der Waals surface area contributed by atoms with E-state index >= 15 is 0 Å². The fourth-order valence-electron chi connectivity index (χ4n) is 1.93. The van der Waals surface area contributed by atoms with E-state index in [0.717, 1.165) is 22.5 Å². The minimum absolute atomic E-state index is 0.0866. The molecule has 120 valence electrons. The maximum atomic E-state index is 12.1. The monoisotopic (exact) mass is 369 g/mol. The van der Waals surface area contributed by atoms with Gasteiger partial charge < -0.3 is 4.52 Å². The SMILES string of the molecule is Cc1ccccc1-c1noc(CNS(=O)(=O)c2ccc(Cl)s2)n1. The first-order valence-electron chi connectivity index (χ1n) is 6.59. The summed E-state index contributed by atoms with van der Waals surface area (Å²) in [6.45, 7) is 1.85. The van der Waals surface area contributed by atoms with Crippen molar-refractivity contribution in [3.8, 4) is 11.4 Å². The van der Waals surface area contributed by atoms with Crippen LogP contribution < -0.4 is 4.72 Å². The average molecular weight is 370 g/mol. The maximum absolute atomic E-state index is 12.1. The Morgan fingerprint density at radius 3 is 2.74 bits per heavy atom. The van der Waals surface area contributed by atoms with Crippen LogP contribution in [0.1, 0.15) is 11.5 Å². The molecule has 0 amide bonds. The second-order valence-electron chi connectivity index (χ2n) is 4.71. The third-order valence-electron chi connectivity index (χ3n) is 3.08. The normalized spacial score (nSPS) is 11.7. The van der Waals surface area contributed by atoms with E-state index in [1.807, 2.05) is 31.2 Å². The molecule has 0 bridgehead atoms. The number of hydrogen-bond donors (Lipinski definition) is 1. The van der Waals surface area contributed by atoms with E-state index in [1.165, 1.54) is 12.1 Å². The highest BCUT2D eigenvalue weighted by atomic mass is 35.5. The van der Waals surface area contributed by atoms with Gasteiger partial charge in [0.25, 0.3) is 10.0 Å². The van der Waals surface area contributed by atoms with Crippen LogP contribution in [-0.2, 0) is 16.6 Å². The summed E-state index contributed by atoms with van der Waals surface area (Å²) in [5.41, 5.74) is 1.85. The number of aryl methyl sites for hydroxylation is 1. The summed E-state index contributed by atoms with van der Waals surface area (Å²) in [5, 5.41) is 3.89. The maximum Gasteiger partial charge on any atom is 0.250 e. The van der Waals surface area contributed by atoms with Gasteiger partial charge in [0.1, 0.15) is 4.21 Å². The first kappa shape index (κ1) is 16.1. The Morgan fingerprint density at radius 2 is 2.04 bits per heavy atom. The van der Waals surface area contributed by atoms with Gasteiger partial charge in [0.05, 0.1) is 10.9 Å². The van der Waals surface area contributed by atoms with Crippen molar-refractivity contribution in [2.45, 2.75) is 17.7 Å². The molecule has 0 spiro atoms. The van der Waals surface area contributed by atoms with Gasteiger partial charge in [-0.15, -0.1) is 11.3 Å². The van der Waals surface area contributed by atoms with E-state index in [9.17, 15) is 8.42 Å². The van der Waals surface area contributed by atoms with E-state index in [2.05, 4.69) is 14.9 Å². The second kappa shape index (κ2) is 6.40. The van der Waals surface area contributed by atoms with Crippen molar-refractivity contribution in [1.29, 1.82) is 0 Å². The molecule has 23 heavy (non-hydrogen) atoms. The molecule has 2 aromatic heterocycles. The number of hydrogen-bond acceptors (Lipinski definition) is 6. The highest BCUT2D eigenvalue weighted by molar-refractivity contribution is 7.91. The van der Waals surface area contributed by atoms with Crippen LogP contribution >= 0.6 is 22.9 Å². The van der Waals surface area contributed by atoms with Gasteiger partial charge in [-0.05, 0) is 24.6 Å². The van der Waals surface area contributed by atoms with Gasteiger partial charge in [-0.2, -0.15) is 4.98 Å². The van der Waals surface area contributed by atoms with Crippen LogP contribution in [0, 0.1) is 6.92 Å². The van der Waals surface area contributed by atoms with Crippen molar-refractivity contribution in [2.75, 3.05) is 0 Å². The quantitative estimate of drug-likeness (QED) is 0.746. The Balaban J connectivity index is 1.74. The molecule has 3 rings (SSSR count). The van der Waals surface area contributed by atoms with E-state index < -0.39 is 10.0 Å². The van der Waals surface area contributed by atoms with Gasteiger partial charge in [-0.3, -0.25) is 0 Å². The molecule has 2 heterocycles. The fourth-order valence-corrected chi connectivity index (χ4v) is 4.43. The van der Waals surface area contributed by atoms with Crippen LogP contribution in [-0.4, -0.2) is 18.6 Å². The third kappa shape index (κ3) is 3.61. The molecule has 0 aliphatic heterocycles. The van der Waals surface area contributed by atoms with Crippen LogP contribution in [0.25, 0.3) is 11.4 Å². The molecule has 0 aliphatic rings. The van der Waals surface area contributed by atoms with Crippen LogP contribution in [0.3, 0.4) is 0 Å². The summed E-state index contributed by atoms with van der Waals surface area (Å²) in [4.78, 5) is 4.22. The third-order valence-corrected chi connectivity index (χ3v) is 6.21. The molecule has 1 aromatic carbocycles. The van der Waals surface area contributed by atoms with E-state index in [1.54, 1.807) is 0 Å². The number of halogens is 1. The van der Waals surface area contributed by atoms with Gasteiger partial charge in [0.2, 0.25) is 11.7 Å². The van der Waals surface area contributed by atoms with Crippen molar-refractivity contribution in [1.82, 2.24) is 14.9 Å². The van der Waals surface area contributed by atoms with Gasteiger partial charge in [-0.1, -0.05) is 41.0 Å². The molecule has 0 radical (unpaired) electrons. The Kier molecular flexibility index (Phi) is 4.49. The molecular formula is C14H12ClN3O3S2. The molecule has 3 aromatic rings. The van der Waals surface area contributed by atoms with Crippen molar-refractivity contribution in [3.05, 3.63) is 52.2 Å². The lowest BCUT2D eigenvalue weighted by atomic mass is 10.1. The Morgan fingerprint density at radius 1 is 1.26 bits per heavy atom. The first-order chi connectivity index (χ1) is 11.0. The molecule has 0 fully saturated rings. The molecular weight excluding hydrogens is 358 g/mol. The lowest BCUT2D eigenvalue weighted by Gasteiger charge is -2.01. The minimum atomic E-state index is -3.64. The highest BCUT2D eigenvalue weighted by Gasteiger charge is 2.18. The van der Waals surface area contributed by atoms with Gasteiger partial charge in [0.15, 0.2) is 0 Å². The topological polar surface area (TPSA) is 85.1 Å². The number of nitrogens with one attached hydrogen (secondary N) is 1. The average Bonchev–Trinajstić information content (AvgIpc) is 3.15. The predicted octanol–water partition coefficient (Wildman–Crippen LogP) is 3.24. The second-order valence-corrected chi connectivity index (χ2v) is 8.42. The van der Waals surface area contributed by atoms with Crippen LogP contribution in [0.15, 0.2) is 45.1 Å². The Bertz CT molecular complexity index is 934. The van der Waals surface area contributed by atoms with Crippen LogP contribution in [0.2, 0.25) is 4.34 Å². The first-order valence-corrected chi connectivity index (χ1v) is 9.27. The zero-order valence-corrected chi connectivity index (χ0v) is 14.4. The minimum Gasteiger partial charge on any atom is -0.338 e. The summed E-state index contributed by atoms with van der Waals surface area (Å²) in [6, 6.07) is 10.6. The van der Waals surface area contributed by atoms with Crippen molar-refractivity contribution in [3.63, 3.8) is 0 Å². The van der Waals surface area contributed by atoms with Gasteiger partial charge >= 0.3 is 0 Å². The molecule has 6 nitrogen and oxygen atoms in total.